The van der Waals surface area contributed by atoms with Crippen molar-refractivity contribution in [1.82, 2.24) is 20.4 Å². The summed E-state index contributed by atoms with van der Waals surface area (Å²) in [5.74, 6) is -17.7. The standard InChI is InChI=1S/C20H19F5N2O7.C14H20N2O7/c21-15-16(22)18(24)20(19(25)17(15)23)34-14(31)4-7-32-9-10-33-8-5-26-11(28)3-6-27-12(29)1-2-13(27)30;17-11(3-6-16-12(18)1-2-13(16)19)15-5-8-23-10-9-22-7-4-14(20)21/h1-2H,3-10H2,(H,26,28);1-2H,3-10H2,(H,15,17)(H,20,21). The number of hydrogen-bond acceptors (Lipinski definition) is 13. The van der Waals surface area contributed by atoms with E-state index in [-0.39, 0.29) is 97.0 Å². The van der Waals surface area contributed by atoms with Gasteiger partial charge in [-0.15, -0.1) is 0 Å². The quantitative estimate of drug-likeness (QED) is 0.0225. The summed E-state index contributed by atoms with van der Waals surface area (Å²) in [6.07, 6.45) is 3.97. The average molecular weight is 823 g/mol. The van der Waals surface area contributed by atoms with Crippen LogP contribution < -0.4 is 15.4 Å². The molecule has 0 saturated heterocycles. The largest absolute Gasteiger partial charge is 0.481 e. The molecule has 1 aromatic carbocycles. The van der Waals surface area contributed by atoms with Crippen molar-refractivity contribution < 1.29 is 89.1 Å². The molecule has 0 aliphatic carbocycles. The predicted molar refractivity (Wildman–Crippen MR) is 179 cm³/mol. The summed E-state index contributed by atoms with van der Waals surface area (Å²) in [5, 5.41) is 13.5. The zero-order chi connectivity index (χ0) is 42.3. The van der Waals surface area contributed by atoms with Gasteiger partial charge in [0.05, 0.1) is 65.7 Å². The summed E-state index contributed by atoms with van der Waals surface area (Å²) in [6.45, 7) is 1.35. The van der Waals surface area contributed by atoms with Crippen molar-refractivity contribution in [2.45, 2.75) is 25.7 Å². The molecule has 18 nitrogen and oxygen atoms in total. The van der Waals surface area contributed by atoms with Crippen LogP contribution in [0, 0.1) is 29.1 Å². The van der Waals surface area contributed by atoms with Crippen molar-refractivity contribution >= 4 is 47.4 Å². The Kier molecular flexibility index (Phi) is 21.2. The van der Waals surface area contributed by atoms with E-state index in [1.807, 2.05) is 0 Å². The summed E-state index contributed by atoms with van der Waals surface area (Å²) in [4.78, 5) is 92.1. The molecule has 0 radical (unpaired) electrons. The van der Waals surface area contributed by atoms with Gasteiger partial charge in [-0.05, 0) is 0 Å². The van der Waals surface area contributed by atoms with Gasteiger partial charge in [0.25, 0.3) is 23.6 Å². The van der Waals surface area contributed by atoms with Gasteiger partial charge in [-0.3, -0.25) is 48.2 Å². The van der Waals surface area contributed by atoms with Crippen LogP contribution in [0.1, 0.15) is 25.7 Å². The molecule has 6 amide bonds. The number of hydrogen-bond donors (Lipinski definition) is 3. The average Bonchev–Trinajstić information content (AvgIpc) is 3.68. The van der Waals surface area contributed by atoms with E-state index in [2.05, 4.69) is 15.4 Å². The maximum absolute atomic E-state index is 13.4. The Morgan fingerprint density at radius 1 is 0.509 bits per heavy atom. The van der Waals surface area contributed by atoms with Crippen molar-refractivity contribution in [2.24, 2.45) is 0 Å². The second kappa shape index (κ2) is 25.5. The molecule has 0 unspecified atom stereocenters. The van der Waals surface area contributed by atoms with Crippen LogP contribution in [-0.4, -0.2) is 141 Å². The van der Waals surface area contributed by atoms with Crippen molar-refractivity contribution in [3.05, 3.63) is 53.4 Å². The lowest BCUT2D eigenvalue weighted by Crippen LogP contribution is -2.35. The number of amides is 6. The highest BCUT2D eigenvalue weighted by Crippen LogP contribution is 2.29. The zero-order valence-corrected chi connectivity index (χ0v) is 30.2. The molecule has 0 bridgehead atoms. The van der Waals surface area contributed by atoms with Crippen LogP contribution in [-0.2, 0) is 57.3 Å². The van der Waals surface area contributed by atoms with E-state index in [4.69, 9.17) is 24.1 Å². The number of ether oxygens (including phenoxy) is 5. The summed E-state index contributed by atoms with van der Waals surface area (Å²) in [5.41, 5.74) is 0. The fourth-order valence-corrected chi connectivity index (χ4v) is 4.23. The van der Waals surface area contributed by atoms with Crippen LogP contribution in [0.3, 0.4) is 0 Å². The molecule has 57 heavy (non-hydrogen) atoms. The third kappa shape index (κ3) is 17.4. The summed E-state index contributed by atoms with van der Waals surface area (Å²) in [7, 11) is 0. The van der Waals surface area contributed by atoms with Gasteiger partial charge in [0.1, 0.15) is 0 Å². The van der Waals surface area contributed by atoms with E-state index in [0.29, 0.717) is 13.2 Å². The van der Waals surface area contributed by atoms with Crippen LogP contribution in [0.25, 0.3) is 0 Å². The molecule has 0 aromatic heterocycles. The number of esters is 1. The minimum Gasteiger partial charge on any atom is -0.481 e. The summed E-state index contributed by atoms with van der Waals surface area (Å²) >= 11 is 0. The maximum atomic E-state index is 13.4. The Labute approximate surface area is 320 Å². The summed E-state index contributed by atoms with van der Waals surface area (Å²) in [6, 6.07) is 0. The number of carbonyl (C=O) groups is 8. The van der Waals surface area contributed by atoms with Crippen LogP contribution >= 0.6 is 0 Å². The maximum Gasteiger partial charge on any atom is 0.313 e. The molecule has 0 fully saturated rings. The SMILES string of the molecule is O=C(CCN1C(=O)C=CC1=O)NCCOCCOCCC(=O)Oc1c(F)c(F)c(F)c(F)c1F.O=C(O)CCOCCOCCNC(=O)CCN1C(=O)C=CC1=O. The van der Waals surface area contributed by atoms with Gasteiger partial charge in [-0.25, -0.2) is 13.2 Å². The molecule has 3 N–H and O–H groups in total. The fraction of sp³-hybridized carbons (Fsp3) is 0.471. The van der Waals surface area contributed by atoms with Crippen molar-refractivity contribution in [2.75, 3.05) is 79.0 Å². The number of carboxylic acid groups (broad SMARTS) is 1. The monoisotopic (exact) mass is 822 g/mol. The van der Waals surface area contributed by atoms with Gasteiger partial charge in [0, 0.05) is 63.3 Å². The van der Waals surface area contributed by atoms with Crippen molar-refractivity contribution in [3.8, 4) is 5.75 Å². The minimum absolute atomic E-state index is 0.00403. The van der Waals surface area contributed by atoms with Crippen molar-refractivity contribution in [3.63, 3.8) is 0 Å². The first-order chi connectivity index (χ1) is 27.1. The second-order valence-electron chi connectivity index (χ2n) is 11.2. The molecule has 23 heteroatoms. The molecule has 314 valence electrons. The van der Waals surface area contributed by atoms with Crippen molar-refractivity contribution in [1.29, 1.82) is 0 Å². The third-order valence-electron chi connectivity index (χ3n) is 7.10. The normalized spacial score (nSPS) is 13.3. The highest BCUT2D eigenvalue weighted by Gasteiger charge is 2.29. The summed E-state index contributed by atoms with van der Waals surface area (Å²) < 4.78 is 90.6. The minimum atomic E-state index is -2.37. The number of imide groups is 2. The van der Waals surface area contributed by atoms with Crippen LogP contribution in [0.4, 0.5) is 22.0 Å². The Morgan fingerprint density at radius 2 is 0.860 bits per heavy atom. The molecule has 0 spiro atoms. The molecule has 2 aliphatic heterocycles. The van der Waals surface area contributed by atoms with Crippen LogP contribution in [0.2, 0.25) is 0 Å². The second-order valence-corrected chi connectivity index (χ2v) is 11.2. The van der Waals surface area contributed by atoms with E-state index in [9.17, 15) is 60.3 Å². The lowest BCUT2D eigenvalue weighted by atomic mass is 10.2. The van der Waals surface area contributed by atoms with Gasteiger partial charge < -0.3 is 39.4 Å². The van der Waals surface area contributed by atoms with E-state index < -0.39 is 76.8 Å². The Balaban J connectivity index is 0.000000425. The molecule has 2 aliphatic rings. The number of carbonyl (C=O) groups excluding carboxylic acids is 7. The van der Waals surface area contributed by atoms with Gasteiger partial charge in [0.2, 0.25) is 46.6 Å². The number of halogens is 5. The first-order valence-corrected chi connectivity index (χ1v) is 17.0. The zero-order valence-electron chi connectivity index (χ0n) is 30.2. The van der Waals surface area contributed by atoms with Gasteiger partial charge in [-0.1, -0.05) is 0 Å². The van der Waals surface area contributed by atoms with E-state index in [0.717, 1.165) is 22.0 Å². The fourth-order valence-electron chi connectivity index (χ4n) is 4.23. The molecule has 1 aromatic rings. The first-order valence-electron chi connectivity index (χ1n) is 17.0. The number of nitrogens with zero attached hydrogens (tertiary/aromatic N) is 2. The molecule has 0 saturated carbocycles. The number of rotatable bonds is 25. The lowest BCUT2D eigenvalue weighted by Gasteiger charge is -2.13. The molecular formula is C34H39F5N4O14. The molecule has 3 rings (SSSR count). The highest BCUT2D eigenvalue weighted by atomic mass is 19.2. The highest BCUT2D eigenvalue weighted by molar-refractivity contribution is 6.13. The number of aliphatic carboxylic acids is 1. The van der Waals surface area contributed by atoms with Crippen LogP contribution in [0.15, 0.2) is 24.3 Å². The topological polar surface area (TPSA) is 233 Å². The predicted octanol–water partition coefficient (Wildman–Crippen LogP) is 0.0677. The number of carboxylic acids is 1. The Morgan fingerprint density at radius 3 is 1.25 bits per heavy atom. The van der Waals surface area contributed by atoms with Gasteiger partial charge >= 0.3 is 11.9 Å². The molecule has 2 heterocycles. The first kappa shape index (κ1) is 47.5. The Bertz CT molecular complexity index is 1630. The Hall–Kier alpha value is -5.65. The number of nitrogens with one attached hydrogen (secondary N) is 2. The van der Waals surface area contributed by atoms with E-state index >= 15 is 0 Å². The lowest BCUT2D eigenvalue weighted by molar-refractivity contribution is -0.139. The molecule has 0 atom stereocenters. The van der Waals surface area contributed by atoms with Gasteiger partial charge in [0.15, 0.2) is 0 Å². The molecular weight excluding hydrogens is 783 g/mol. The third-order valence-corrected chi connectivity index (χ3v) is 7.10. The smallest absolute Gasteiger partial charge is 0.313 e. The van der Waals surface area contributed by atoms with E-state index in [1.165, 1.54) is 12.2 Å². The van der Waals surface area contributed by atoms with E-state index in [1.54, 1.807) is 0 Å². The van der Waals surface area contributed by atoms with Gasteiger partial charge in [-0.2, -0.15) is 8.78 Å². The number of benzene rings is 1. The van der Waals surface area contributed by atoms with Crippen LogP contribution in [0.5, 0.6) is 5.75 Å².